The lowest BCUT2D eigenvalue weighted by atomic mass is 10.4. The molecule has 0 amide bonds. The lowest BCUT2D eigenvalue weighted by Gasteiger charge is -2.21. The highest BCUT2D eigenvalue weighted by Gasteiger charge is 2.25. The van der Waals surface area contributed by atoms with Crippen molar-refractivity contribution in [1.29, 1.82) is 0 Å². The minimum atomic E-state index is -3.54. The highest BCUT2D eigenvalue weighted by Crippen LogP contribution is 2.24. The van der Waals surface area contributed by atoms with Gasteiger partial charge in [-0.2, -0.15) is 4.31 Å². The Kier molecular flexibility index (Phi) is 6.59. The van der Waals surface area contributed by atoms with Gasteiger partial charge in [0.1, 0.15) is 0 Å². The number of halogens is 2. The molecule has 0 aliphatic heterocycles. The van der Waals surface area contributed by atoms with E-state index in [0.29, 0.717) is 11.1 Å². The van der Waals surface area contributed by atoms with E-state index >= 15 is 0 Å². The van der Waals surface area contributed by atoms with E-state index in [0.717, 1.165) is 0 Å². The topological polar surface area (TPSA) is 46.6 Å². The third-order valence-electron chi connectivity index (χ3n) is 2.33. The number of rotatable bonds is 7. The van der Waals surface area contributed by atoms with E-state index in [1.54, 1.807) is 24.3 Å². The molecule has 102 valence electrons. The standard InChI is InChI=1S/C11H15BrClNO3S/c1-17-9-8-14(7-6-13)18(15,16)11-5-3-2-4-10(11)12/h2-5H,6-9H2,1H3. The Morgan fingerprint density at radius 3 is 2.56 bits per heavy atom. The van der Waals surface area contributed by atoms with Crippen molar-refractivity contribution >= 4 is 37.6 Å². The summed E-state index contributed by atoms with van der Waals surface area (Å²) in [5, 5.41) is 0. The van der Waals surface area contributed by atoms with Crippen molar-refractivity contribution in [2.45, 2.75) is 4.90 Å². The summed E-state index contributed by atoms with van der Waals surface area (Å²) in [5.41, 5.74) is 0. The molecule has 0 aromatic heterocycles. The zero-order valence-corrected chi connectivity index (χ0v) is 13.1. The molecule has 0 saturated heterocycles. The number of hydrogen-bond acceptors (Lipinski definition) is 3. The molecule has 0 spiro atoms. The SMILES string of the molecule is COCCN(CCCl)S(=O)(=O)c1ccccc1Br. The maximum absolute atomic E-state index is 12.4. The summed E-state index contributed by atoms with van der Waals surface area (Å²) in [6, 6.07) is 6.71. The Hall–Kier alpha value is -0.140. The zero-order chi connectivity index (χ0) is 13.6. The first-order valence-electron chi connectivity index (χ1n) is 5.33. The Bertz CT molecular complexity index is 481. The quantitative estimate of drug-likeness (QED) is 0.704. The van der Waals surface area contributed by atoms with Crippen LogP contribution in [0.4, 0.5) is 0 Å². The predicted octanol–water partition coefficient (Wildman–Crippen LogP) is 2.33. The lowest BCUT2D eigenvalue weighted by Crippen LogP contribution is -2.35. The fourth-order valence-corrected chi connectivity index (χ4v) is 4.12. The van der Waals surface area contributed by atoms with Crippen LogP contribution in [0.5, 0.6) is 0 Å². The van der Waals surface area contributed by atoms with Gasteiger partial charge in [-0.3, -0.25) is 0 Å². The van der Waals surface area contributed by atoms with Gasteiger partial charge >= 0.3 is 0 Å². The van der Waals surface area contributed by atoms with Crippen LogP contribution in [0.3, 0.4) is 0 Å². The number of methoxy groups -OCH3 is 1. The van der Waals surface area contributed by atoms with Crippen LogP contribution in [0.1, 0.15) is 0 Å². The first-order chi connectivity index (χ1) is 8.54. The minimum Gasteiger partial charge on any atom is -0.383 e. The zero-order valence-electron chi connectivity index (χ0n) is 9.97. The third-order valence-corrected chi connectivity index (χ3v) is 5.41. The first-order valence-corrected chi connectivity index (χ1v) is 8.10. The summed E-state index contributed by atoms with van der Waals surface area (Å²) < 4.78 is 31.6. The van der Waals surface area contributed by atoms with Gasteiger partial charge in [0.25, 0.3) is 0 Å². The molecule has 0 saturated carbocycles. The molecule has 0 unspecified atom stereocenters. The maximum atomic E-state index is 12.4. The monoisotopic (exact) mass is 355 g/mol. The second-order valence-corrected chi connectivity index (χ2v) is 6.65. The number of ether oxygens (including phenoxy) is 1. The highest BCUT2D eigenvalue weighted by atomic mass is 79.9. The van der Waals surface area contributed by atoms with Crippen molar-refractivity contribution in [2.24, 2.45) is 0 Å². The minimum absolute atomic E-state index is 0.242. The fourth-order valence-electron chi connectivity index (χ4n) is 1.43. The first kappa shape index (κ1) is 15.9. The molecular weight excluding hydrogens is 342 g/mol. The summed E-state index contributed by atoms with van der Waals surface area (Å²) in [5.74, 6) is 0.243. The van der Waals surface area contributed by atoms with Crippen molar-refractivity contribution in [3.8, 4) is 0 Å². The van der Waals surface area contributed by atoms with Crippen molar-refractivity contribution in [3.05, 3.63) is 28.7 Å². The van der Waals surface area contributed by atoms with Crippen molar-refractivity contribution in [3.63, 3.8) is 0 Å². The Morgan fingerprint density at radius 2 is 2.00 bits per heavy atom. The van der Waals surface area contributed by atoms with Crippen molar-refractivity contribution < 1.29 is 13.2 Å². The average Bonchev–Trinajstić information content (AvgIpc) is 2.34. The van der Waals surface area contributed by atoms with Crippen molar-refractivity contribution in [2.75, 3.05) is 32.7 Å². The van der Waals surface area contributed by atoms with Gasteiger partial charge in [0.2, 0.25) is 10.0 Å². The van der Waals surface area contributed by atoms with Gasteiger partial charge in [0, 0.05) is 30.6 Å². The van der Waals surface area contributed by atoms with Crippen molar-refractivity contribution in [1.82, 2.24) is 4.31 Å². The smallest absolute Gasteiger partial charge is 0.244 e. The molecule has 0 atom stereocenters. The number of sulfonamides is 1. The van der Waals surface area contributed by atoms with E-state index in [9.17, 15) is 8.42 Å². The van der Waals surface area contributed by atoms with Gasteiger partial charge < -0.3 is 4.74 Å². The van der Waals surface area contributed by atoms with Crippen LogP contribution in [-0.4, -0.2) is 45.4 Å². The maximum Gasteiger partial charge on any atom is 0.244 e. The van der Waals surface area contributed by atoms with Crippen LogP contribution in [-0.2, 0) is 14.8 Å². The molecule has 1 aromatic carbocycles. The molecule has 0 aliphatic carbocycles. The molecule has 1 rings (SSSR count). The van der Waals surface area contributed by atoms with Gasteiger partial charge in [-0.25, -0.2) is 8.42 Å². The summed E-state index contributed by atoms with van der Waals surface area (Å²) >= 11 is 8.90. The highest BCUT2D eigenvalue weighted by molar-refractivity contribution is 9.10. The molecule has 4 nitrogen and oxygen atoms in total. The van der Waals surface area contributed by atoms with Crippen LogP contribution in [0.25, 0.3) is 0 Å². The second-order valence-electron chi connectivity index (χ2n) is 3.52. The molecule has 0 heterocycles. The molecule has 7 heteroatoms. The van der Waals surface area contributed by atoms with E-state index in [4.69, 9.17) is 16.3 Å². The molecule has 0 N–H and O–H groups in total. The van der Waals surface area contributed by atoms with E-state index in [1.165, 1.54) is 11.4 Å². The Labute approximate surface area is 121 Å². The molecule has 0 fully saturated rings. The third kappa shape index (κ3) is 3.93. The summed E-state index contributed by atoms with van der Waals surface area (Å²) in [6.45, 7) is 0.877. The van der Waals surface area contributed by atoms with Gasteiger partial charge in [0.15, 0.2) is 0 Å². The number of nitrogens with zero attached hydrogens (tertiary/aromatic N) is 1. The molecular formula is C11H15BrClNO3S. The van der Waals surface area contributed by atoms with E-state index in [2.05, 4.69) is 15.9 Å². The number of alkyl halides is 1. The second kappa shape index (κ2) is 7.45. The number of hydrogen-bond donors (Lipinski definition) is 0. The fraction of sp³-hybridized carbons (Fsp3) is 0.455. The van der Waals surface area contributed by atoms with Crippen LogP contribution < -0.4 is 0 Å². The molecule has 0 radical (unpaired) electrons. The van der Waals surface area contributed by atoms with E-state index in [-0.39, 0.29) is 23.9 Å². The number of benzene rings is 1. The predicted molar refractivity (Wildman–Crippen MR) is 75.5 cm³/mol. The van der Waals surface area contributed by atoms with Crippen LogP contribution in [0, 0.1) is 0 Å². The Morgan fingerprint density at radius 1 is 1.33 bits per heavy atom. The Balaban J connectivity index is 3.05. The van der Waals surface area contributed by atoms with E-state index < -0.39 is 10.0 Å². The van der Waals surface area contributed by atoms with Gasteiger partial charge in [-0.05, 0) is 28.1 Å². The molecule has 1 aromatic rings. The molecule has 0 aliphatic rings. The molecule has 18 heavy (non-hydrogen) atoms. The normalized spacial score (nSPS) is 12.0. The largest absolute Gasteiger partial charge is 0.383 e. The van der Waals surface area contributed by atoms with Gasteiger partial charge in [-0.15, -0.1) is 11.6 Å². The van der Waals surface area contributed by atoms with Gasteiger partial charge in [-0.1, -0.05) is 12.1 Å². The average molecular weight is 357 g/mol. The van der Waals surface area contributed by atoms with Crippen LogP contribution >= 0.6 is 27.5 Å². The van der Waals surface area contributed by atoms with Crippen LogP contribution in [0.15, 0.2) is 33.6 Å². The summed E-state index contributed by atoms with van der Waals surface area (Å²) in [6.07, 6.45) is 0. The lowest BCUT2D eigenvalue weighted by molar-refractivity contribution is 0.180. The van der Waals surface area contributed by atoms with E-state index in [1.807, 2.05) is 0 Å². The summed E-state index contributed by atoms with van der Waals surface area (Å²) in [7, 11) is -2.01. The van der Waals surface area contributed by atoms with Gasteiger partial charge in [0.05, 0.1) is 11.5 Å². The van der Waals surface area contributed by atoms with Crippen LogP contribution in [0.2, 0.25) is 0 Å². The summed E-state index contributed by atoms with van der Waals surface area (Å²) in [4.78, 5) is 0.242. The molecule has 0 bridgehead atoms.